The quantitative estimate of drug-likeness (QED) is 0.667. The van der Waals surface area contributed by atoms with E-state index < -0.39 is 16.0 Å². The molecule has 0 unspecified atom stereocenters. The van der Waals surface area contributed by atoms with Gasteiger partial charge in [0.1, 0.15) is 5.75 Å². The van der Waals surface area contributed by atoms with Gasteiger partial charge in [-0.25, -0.2) is 18.2 Å². The van der Waals surface area contributed by atoms with Gasteiger partial charge in [-0.1, -0.05) is 18.6 Å². The maximum atomic E-state index is 13.0. The van der Waals surface area contributed by atoms with Gasteiger partial charge in [-0.05, 0) is 49.2 Å². The van der Waals surface area contributed by atoms with Gasteiger partial charge in [0.15, 0.2) is 0 Å². The number of nitrogens with zero attached hydrogens (tertiary/aromatic N) is 2. The summed E-state index contributed by atoms with van der Waals surface area (Å²) in [4.78, 5) is 16.7. The van der Waals surface area contributed by atoms with Crippen LogP contribution in [0.4, 0.5) is 0 Å². The molecule has 2 aromatic carbocycles. The van der Waals surface area contributed by atoms with Gasteiger partial charge in [-0.2, -0.15) is 4.31 Å². The Labute approximate surface area is 175 Å². The minimum Gasteiger partial charge on any atom is -0.496 e. The van der Waals surface area contributed by atoms with Crippen molar-refractivity contribution in [1.82, 2.24) is 9.29 Å². The van der Waals surface area contributed by atoms with Crippen molar-refractivity contribution in [3.8, 4) is 17.0 Å². The van der Waals surface area contributed by atoms with E-state index in [2.05, 4.69) is 4.98 Å². The summed E-state index contributed by atoms with van der Waals surface area (Å²) >= 11 is 0. The molecule has 0 saturated carbocycles. The molecule has 156 valence electrons. The summed E-state index contributed by atoms with van der Waals surface area (Å²) in [5.74, 6) is -0.573. The number of ether oxygens (including phenoxy) is 1. The zero-order valence-electron chi connectivity index (χ0n) is 16.5. The van der Waals surface area contributed by atoms with Gasteiger partial charge in [0, 0.05) is 24.0 Å². The highest BCUT2D eigenvalue weighted by atomic mass is 32.2. The molecular formula is C22H22N2O5S. The van der Waals surface area contributed by atoms with Crippen molar-refractivity contribution >= 4 is 26.9 Å². The first-order chi connectivity index (χ1) is 14.4. The number of aromatic nitrogens is 1. The number of carbonyl (C=O) groups is 1. The highest BCUT2D eigenvalue weighted by Gasteiger charge is 2.27. The van der Waals surface area contributed by atoms with E-state index in [1.807, 2.05) is 12.1 Å². The Morgan fingerprint density at radius 1 is 1.07 bits per heavy atom. The lowest BCUT2D eigenvalue weighted by Gasteiger charge is -2.26. The lowest BCUT2D eigenvalue weighted by atomic mass is 10.0. The first-order valence-electron chi connectivity index (χ1n) is 9.73. The minimum atomic E-state index is -3.68. The fourth-order valence-corrected chi connectivity index (χ4v) is 5.33. The molecule has 8 heteroatoms. The predicted octanol–water partition coefficient (Wildman–Crippen LogP) is 3.78. The Morgan fingerprint density at radius 2 is 1.80 bits per heavy atom. The highest BCUT2D eigenvalue weighted by molar-refractivity contribution is 7.89. The van der Waals surface area contributed by atoms with E-state index in [-0.39, 0.29) is 10.5 Å². The fraction of sp³-hybridized carbons (Fsp3) is 0.273. The van der Waals surface area contributed by atoms with E-state index in [1.54, 1.807) is 18.2 Å². The van der Waals surface area contributed by atoms with Crippen LogP contribution in [0.3, 0.4) is 0 Å². The molecule has 7 nitrogen and oxygen atoms in total. The van der Waals surface area contributed by atoms with Crippen LogP contribution in [0.5, 0.6) is 5.75 Å². The first kappa shape index (κ1) is 20.3. The molecule has 1 aromatic heterocycles. The van der Waals surface area contributed by atoms with Crippen molar-refractivity contribution in [2.24, 2.45) is 0 Å². The lowest BCUT2D eigenvalue weighted by Crippen LogP contribution is -2.35. The summed E-state index contributed by atoms with van der Waals surface area (Å²) in [5, 5.41) is 10.1. The summed E-state index contributed by atoms with van der Waals surface area (Å²) in [6, 6.07) is 13.2. The topological polar surface area (TPSA) is 96.8 Å². The number of carboxylic acids is 1. The van der Waals surface area contributed by atoms with Gasteiger partial charge in [-0.15, -0.1) is 0 Å². The maximum absolute atomic E-state index is 13.0. The summed E-state index contributed by atoms with van der Waals surface area (Å²) in [6.45, 7) is 0.967. The van der Waals surface area contributed by atoms with Crippen LogP contribution in [-0.4, -0.2) is 49.0 Å². The molecule has 0 bridgehead atoms. The standard InChI is InChI=1S/C22H22N2O5S/c1-29-21-8-4-3-7-16(21)20-14-18(22(25)26)17-13-15(9-10-19(17)23-20)30(27,28)24-11-5-2-6-12-24/h3-4,7-10,13-14H,2,5-6,11-12H2,1H3,(H,25,26). The number of para-hydroxylation sites is 1. The highest BCUT2D eigenvalue weighted by Crippen LogP contribution is 2.32. The summed E-state index contributed by atoms with van der Waals surface area (Å²) < 4.78 is 32.9. The maximum Gasteiger partial charge on any atom is 0.336 e. The molecule has 0 spiro atoms. The number of rotatable bonds is 5. The zero-order chi connectivity index (χ0) is 21.3. The average molecular weight is 426 g/mol. The number of hydrogen-bond donors (Lipinski definition) is 1. The molecule has 1 saturated heterocycles. The molecule has 3 aromatic rings. The molecular weight excluding hydrogens is 404 g/mol. The van der Waals surface area contributed by atoms with Gasteiger partial charge in [-0.3, -0.25) is 0 Å². The van der Waals surface area contributed by atoms with Crippen LogP contribution < -0.4 is 4.74 Å². The SMILES string of the molecule is COc1ccccc1-c1cc(C(=O)O)c2cc(S(=O)(=O)N3CCCCC3)ccc2n1. The van der Waals surface area contributed by atoms with Crippen LogP contribution in [0, 0.1) is 0 Å². The van der Waals surface area contributed by atoms with Crippen LogP contribution in [-0.2, 0) is 10.0 Å². The molecule has 1 fully saturated rings. The number of aromatic carboxylic acids is 1. The van der Waals surface area contributed by atoms with Gasteiger partial charge < -0.3 is 9.84 Å². The second-order valence-electron chi connectivity index (χ2n) is 7.20. The van der Waals surface area contributed by atoms with Crippen molar-refractivity contribution < 1.29 is 23.1 Å². The van der Waals surface area contributed by atoms with E-state index in [4.69, 9.17) is 4.74 Å². The Kier molecular flexibility index (Phi) is 5.44. The van der Waals surface area contributed by atoms with Gasteiger partial charge >= 0.3 is 5.97 Å². The van der Waals surface area contributed by atoms with Crippen LogP contribution in [0.2, 0.25) is 0 Å². The van der Waals surface area contributed by atoms with E-state index in [0.29, 0.717) is 41.0 Å². The fourth-order valence-electron chi connectivity index (χ4n) is 3.79. The number of fused-ring (bicyclic) bond motifs is 1. The van der Waals surface area contributed by atoms with Crippen molar-refractivity contribution in [2.75, 3.05) is 20.2 Å². The zero-order valence-corrected chi connectivity index (χ0v) is 17.4. The second-order valence-corrected chi connectivity index (χ2v) is 9.14. The normalized spacial score (nSPS) is 15.2. The van der Waals surface area contributed by atoms with Crippen LogP contribution in [0.1, 0.15) is 29.6 Å². The summed E-state index contributed by atoms with van der Waals surface area (Å²) in [5.41, 5.74) is 1.52. The molecule has 0 aliphatic carbocycles. The number of carboxylic acid groups (broad SMARTS) is 1. The number of piperidine rings is 1. The molecule has 30 heavy (non-hydrogen) atoms. The molecule has 0 amide bonds. The molecule has 4 rings (SSSR count). The molecule has 0 radical (unpaired) electrons. The number of methoxy groups -OCH3 is 1. The molecule has 1 aliphatic rings. The first-order valence-corrected chi connectivity index (χ1v) is 11.2. The second kappa shape index (κ2) is 8.04. The molecule has 1 N–H and O–H groups in total. The van der Waals surface area contributed by atoms with Crippen LogP contribution in [0.15, 0.2) is 53.4 Å². The monoisotopic (exact) mass is 426 g/mol. The number of pyridine rings is 1. The third-order valence-electron chi connectivity index (χ3n) is 5.35. The smallest absolute Gasteiger partial charge is 0.336 e. The summed E-state index contributed by atoms with van der Waals surface area (Å²) in [6.07, 6.45) is 2.68. The Bertz CT molecular complexity index is 1220. The Hall–Kier alpha value is -2.97. The molecule has 2 heterocycles. The van der Waals surface area contributed by atoms with Crippen LogP contribution in [0.25, 0.3) is 22.2 Å². The Balaban J connectivity index is 1.87. The van der Waals surface area contributed by atoms with Gasteiger partial charge in [0.2, 0.25) is 10.0 Å². The van der Waals surface area contributed by atoms with Crippen LogP contribution >= 0.6 is 0 Å². The minimum absolute atomic E-state index is 0.00315. The van der Waals surface area contributed by atoms with Crippen molar-refractivity contribution in [3.05, 3.63) is 54.1 Å². The summed E-state index contributed by atoms with van der Waals surface area (Å²) in [7, 11) is -2.14. The van der Waals surface area contributed by atoms with E-state index in [1.165, 1.54) is 29.6 Å². The lowest BCUT2D eigenvalue weighted by molar-refractivity contribution is 0.0699. The van der Waals surface area contributed by atoms with Crippen molar-refractivity contribution in [3.63, 3.8) is 0 Å². The average Bonchev–Trinajstić information content (AvgIpc) is 2.78. The largest absolute Gasteiger partial charge is 0.496 e. The predicted molar refractivity (Wildman–Crippen MR) is 113 cm³/mol. The van der Waals surface area contributed by atoms with Crippen molar-refractivity contribution in [2.45, 2.75) is 24.2 Å². The van der Waals surface area contributed by atoms with Crippen molar-refractivity contribution in [1.29, 1.82) is 0 Å². The number of sulfonamides is 1. The van der Waals surface area contributed by atoms with E-state index in [9.17, 15) is 18.3 Å². The van der Waals surface area contributed by atoms with E-state index >= 15 is 0 Å². The van der Waals surface area contributed by atoms with Gasteiger partial charge in [0.05, 0.1) is 28.8 Å². The molecule has 0 atom stereocenters. The molecule has 1 aliphatic heterocycles. The number of benzene rings is 2. The van der Waals surface area contributed by atoms with E-state index in [0.717, 1.165) is 19.3 Å². The van der Waals surface area contributed by atoms with Gasteiger partial charge in [0.25, 0.3) is 0 Å². The third-order valence-corrected chi connectivity index (χ3v) is 7.24. The third kappa shape index (κ3) is 3.64. The number of hydrogen-bond acceptors (Lipinski definition) is 5. The Morgan fingerprint density at radius 3 is 2.50 bits per heavy atom.